The van der Waals surface area contributed by atoms with Crippen LogP contribution in [0.3, 0.4) is 0 Å². The van der Waals surface area contributed by atoms with E-state index < -0.39 is 5.60 Å². The quantitative estimate of drug-likeness (QED) is 0.715. The van der Waals surface area contributed by atoms with Gasteiger partial charge in [-0.2, -0.15) is 0 Å². The molecule has 0 aliphatic carbocycles. The van der Waals surface area contributed by atoms with Crippen LogP contribution < -0.4 is 4.74 Å². The smallest absolute Gasteiger partial charge is 0.118 e. The minimum Gasteiger partial charge on any atom is -0.497 e. The molecule has 0 aromatic heterocycles. The molecule has 1 rings (SSSR count). The lowest BCUT2D eigenvalue weighted by Crippen LogP contribution is -2.30. The van der Waals surface area contributed by atoms with E-state index >= 15 is 0 Å². The fourth-order valence-electron chi connectivity index (χ4n) is 2.82. The summed E-state index contributed by atoms with van der Waals surface area (Å²) in [6.07, 6.45) is 6.47. The van der Waals surface area contributed by atoms with Crippen molar-refractivity contribution in [3.05, 3.63) is 29.8 Å². The van der Waals surface area contributed by atoms with Gasteiger partial charge in [-0.25, -0.2) is 0 Å². The van der Waals surface area contributed by atoms with Gasteiger partial charge < -0.3 is 9.84 Å². The highest BCUT2D eigenvalue weighted by molar-refractivity contribution is 5.28. The maximum atomic E-state index is 10.7. The number of benzene rings is 1. The van der Waals surface area contributed by atoms with Gasteiger partial charge in [0.25, 0.3) is 0 Å². The zero-order chi connectivity index (χ0) is 15.0. The van der Waals surface area contributed by atoms with Gasteiger partial charge in [-0.15, -0.1) is 0 Å². The molecule has 0 aliphatic rings. The van der Waals surface area contributed by atoms with Crippen LogP contribution in [0.1, 0.15) is 58.4 Å². The van der Waals surface area contributed by atoms with Crippen LogP contribution in [0.15, 0.2) is 24.3 Å². The Kier molecular flexibility index (Phi) is 7.08. The molecule has 114 valence electrons. The fraction of sp³-hybridized carbons (Fsp3) is 0.667. The number of hydrogen-bond donors (Lipinski definition) is 1. The zero-order valence-electron chi connectivity index (χ0n) is 13.5. The number of methoxy groups -OCH3 is 1. The molecule has 0 saturated carbocycles. The van der Waals surface area contributed by atoms with Crippen LogP contribution in [-0.2, 0) is 6.42 Å². The standard InChI is InChI=1S/C18H30O2/c1-5-7-8-15(6-2)13-18(3,19)14-16-9-11-17(20-4)12-10-16/h9-12,15,19H,5-8,13-14H2,1-4H3. The van der Waals surface area contributed by atoms with Gasteiger partial charge in [-0.05, 0) is 37.0 Å². The van der Waals surface area contributed by atoms with E-state index in [2.05, 4.69) is 13.8 Å². The second-order valence-electron chi connectivity index (χ2n) is 6.14. The van der Waals surface area contributed by atoms with Gasteiger partial charge in [0.2, 0.25) is 0 Å². The third-order valence-electron chi connectivity index (χ3n) is 4.02. The maximum Gasteiger partial charge on any atom is 0.118 e. The number of hydrogen-bond acceptors (Lipinski definition) is 2. The lowest BCUT2D eigenvalue weighted by atomic mass is 9.83. The molecule has 0 aliphatic heterocycles. The molecule has 2 nitrogen and oxygen atoms in total. The van der Waals surface area contributed by atoms with E-state index in [1.54, 1.807) is 7.11 Å². The second kappa shape index (κ2) is 8.31. The van der Waals surface area contributed by atoms with Gasteiger partial charge in [0.05, 0.1) is 12.7 Å². The van der Waals surface area contributed by atoms with E-state index in [1.165, 1.54) is 24.8 Å². The molecule has 2 heteroatoms. The molecule has 1 N–H and O–H groups in total. The van der Waals surface area contributed by atoms with E-state index in [0.29, 0.717) is 12.3 Å². The van der Waals surface area contributed by atoms with Gasteiger partial charge in [0, 0.05) is 6.42 Å². The summed E-state index contributed by atoms with van der Waals surface area (Å²) in [7, 11) is 1.67. The summed E-state index contributed by atoms with van der Waals surface area (Å²) in [5, 5.41) is 10.7. The van der Waals surface area contributed by atoms with Crippen molar-refractivity contribution in [1.82, 2.24) is 0 Å². The van der Waals surface area contributed by atoms with Crippen molar-refractivity contribution in [3.8, 4) is 5.75 Å². The lowest BCUT2D eigenvalue weighted by molar-refractivity contribution is 0.0316. The van der Waals surface area contributed by atoms with Crippen LogP contribution in [0.5, 0.6) is 5.75 Å². The molecule has 1 aromatic carbocycles. The van der Waals surface area contributed by atoms with Crippen molar-refractivity contribution >= 4 is 0 Å². The summed E-state index contributed by atoms with van der Waals surface area (Å²) < 4.78 is 5.16. The molecule has 2 atom stereocenters. The molecular weight excluding hydrogens is 248 g/mol. The van der Waals surface area contributed by atoms with E-state index in [-0.39, 0.29) is 0 Å². The Labute approximate surface area is 124 Å². The number of aliphatic hydroxyl groups is 1. The molecule has 0 fully saturated rings. The summed E-state index contributed by atoms with van der Waals surface area (Å²) in [5.74, 6) is 1.49. The van der Waals surface area contributed by atoms with Crippen LogP contribution in [0.2, 0.25) is 0 Å². The zero-order valence-corrected chi connectivity index (χ0v) is 13.5. The average molecular weight is 278 g/mol. The first-order valence-electron chi connectivity index (χ1n) is 7.86. The van der Waals surface area contributed by atoms with Gasteiger partial charge in [-0.3, -0.25) is 0 Å². The summed E-state index contributed by atoms with van der Waals surface area (Å²) in [6.45, 7) is 6.41. The molecule has 0 spiro atoms. The average Bonchev–Trinajstić information content (AvgIpc) is 2.43. The molecule has 1 aromatic rings. The van der Waals surface area contributed by atoms with Crippen LogP contribution in [0.4, 0.5) is 0 Å². The first kappa shape index (κ1) is 17.0. The lowest BCUT2D eigenvalue weighted by Gasteiger charge is -2.28. The highest BCUT2D eigenvalue weighted by Gasteiger charge is 2.24. The molecule has 0 radical (unpaired) electrons. The molecule has 0 saturated heterocycles. The first-order valence-corrected chi connectivity index (χ1v) is 7.86. The Bertz CT molecular complexity index is 368. The normalized spacial score (nSPS) is 15.7. The van der Waals surface area contributed by atoms with Gasteiger partial charge in [0.1, 0.15) is 5.75 Å². The molecule has 0 amide bonds. The highest BCUT2D eigenvalue weighted by Crippen LogP contribution is 2.27. The number of ether oxygens (including phenoxy) is 1. The van der Waals surface area contributed by atoms with Crippen LogP contribution in [0, 0.1) is 5.92 Å². The van der Waals surface area contributed by atoms with E-state index in [0.717, 1.165) is 18.6 Å². The van der Waals surface area contributed by atoms with Crippen molar-refractivity contribution in [1.29, 1.82) is 0 Å². The van der Waals surface area contributed by atoms with Crippen molar-refractivity contribution in [3.63, 3.8) is 0 Å². The van der Waals surface area contributed by atoms with Crippen molar-refractivity contribution in [2.24, 2.45) is 5.92 Å². The van der Waals surface area contributed by atoms with Crippen LogP contribution in [0.25, 0.3) is 0 Å². The Morgan fingerprint density at radius 3 is 2.35 bits per heavy atom. The summed E-state index contributed by atoms with van der Waals surface area (Å²) in [5.41, 5.74) is 0.546. The third-order valence-corrected chi connectivity index (χ3v) is 4.02. The largest absolute Gasteiger partial charge is 0.497 e. The van der Waals surface area contributed by atoms with Gasteiger partial charge in [0.15, 0.2) is 0 Å². The minimum atomic E-state index is -0.622. The van der Waals surface area contributed by atoms with Crippen LogP contribution >= 0.6 is 0 Å². The second-order valence-corrected chi connectivity index (χ2v) is 6.14. The van der Waals surface area contributed by atoms with Crippen molar-refractivity contribution in [2.45, 2.75) is 64.9 Å². The summed E-state index contributed by atoms with van der Waals surface area (Å²) >= 11 is 0. The topological polar surface area (TPSA) is 29.5 Å². The molecular formula is C18H30O2. The van der Waals surface area contributed by atoms with Crippen molar-refractivity contribution in [2.75, 3.05) is 7.11 Å². The number of rotatable bonds is 9. The minimum absolute atomic E-state index is 0.622. The van der Waals surface area contributed by atoms with Gasteiger partial charge in [-0.1, -0.05) is 51.7 Å². The van der Waals surface area contributed by atoms with E-state index in [4.69, 9.17) is 4.74 Å². The highest BCUT2D eigenvalue weighted by atomic mass is 16.5. The fourth-order valence-corrected chi connectivity index (χ4v) is 2.82. The molecule has 20 heavy (non-hydrogen) atoms. The maximum absolute atomic E-state index is 10.7. The van der Waals surface area contributed by atoms with Crippen LogP contribution in [-0.4, -0.2) is 17.8 Å². The predicted molar refractivity (Wildman–Crippen MR) is 85.2 cm³/mol. The Balaban J connectivity index is 2.57. The monoisotopic (exact) mass is 278 g/mol. The van der Waals surface area contributed by atoms with E-state index in [9.17, 15) is 5.11 Å². The molecule has 0 bridgehead atoms. The first-order chi connectivity index (χ1) is 9.50. The van der Waals surface area contributed by atoms with Gasteiger partial charge >= 0.3 is 0 Å². The third kappa shape index (κ3) is 5.96. The Morgan fingerprint density at radius 2 is 1.85 bits per heavy atom. The molecule has 2 unspecified atom stereocenters. The summed E-state index contributed by atoms with van der Waals surface area (Å²) in [6, 6.07) is 8.00. The predicted octanol–water partition coefficient (Wildman–Crippen LogP) is 4.60. The summed E-state index contributed by atoms with van der Waals surface area (Å²) in [4.78, 5) is 0. The SMILES string of the molecule is CCCCC(CC)CC(C)(O)Cc1ccc(OC)cc1. The van der Waals surface area contributed by atoms with E-state index in [1.807, 2.05) is 31.2 Å². The Morgan fingerprint density at radius 1 is 1.20 bits per heavy atom. The molecule has 0 heterocycles. The van der Waals surface area contributed by atoms with Crippen molar-refractivity contribution < 1.29 is 9.84 Å². The number of unbranched alkanes of at least 4 members (excludes halogenated alkanes) is 1. The Hall–Kier alpha value is -1.02.